The number of hydrogen-bond donors (Lipinski definition) is 2. The first-order valence-corrected chi connectivity index (χ1v) is 10.8. The van der Waals surface area contributed by atoms with Gasteiger partial charge in [-0.2, -0.15) is 8.42 Å². The largest absolute Gasteiger partial charge is 0.497 e. The van der Waals surface area contributed by atoms with Gasteiger partial charge in [-0.15, -0.1) is 0 Å². The molecule has 3 aromatic carbocycles. The molecule has 0 aromatic heterocycles. The van der Waals surface area contributed by atoms with Crippen LogP contribution in [0.15, 0.2) is 89.8 Å². The van der Waals surface area contributed by atoms with Crippen LogP contribution in [0.25, 0.3) is 5.57 Å². The lowest BCUT2D eigenvalue weighted by Gasteiger charge is -2.09. The predicted octanol–water partition coefficient (Wildman–Crippen LogP) is 4.75. The maximum atomic E-state index is 10.5. The molecule has 0 heterocycles. The highest BCUT2D eigenvalue weighted by Crippen LogP contribution is 2.25. The van der Waals surface area contributed by atoms with Gasteiger partial charge < -0.3 is 9.84 Å². The average molecular weight is 427 g/mol. The number of benzene rings is 3. The van der Waals surface area contributed by atoms with Crippen LogP contribution in [0.1, 0.15) is 23.1 Å². The van der Waals surface area contributed by atoms with Crippen molar-refractivity contribution < 1.29 is 22.8 Å². The molecule has 0 fully saturated rings. The van der Waals surface area contributed by atoms with Gasteiger partial charge in [0, 0.05) is 6.61 Å². The van der Waals surface area contributed by atoms with Gasteiger partial charge in [0.1, 0.15) is 5.75 Å². The third-order valence-electron chi connectivity index (χ3n) is 4.28. The Morgan fingerprint density at radius 3 is 1.97 bits per heavy atom. The highest BCUT2D eigenvalue weighted by Gasteiger charge is 2.07. The molecule has 0 amide bonds. The SMILES string of the molecule is COc1ccc(C(=CCCO)c2ccccc2)cc1.Cc1ccc(S(=O)(=O)O)cc1. The lowest BCUT2D eigenvalue weighted by Crippen LogP contribution is -1.96. The molecule has 0 radical (unpaired) electrons. The predicted molar refractivity (Wildman–Crippen MR) is 119 cm³/mol. The Labute approximate surface area is 178 Å². The molecule has 2 N–H and O–H groups in total. The summed E-state index contributed by atoms with van der Waals surface area (Å²) in [6.45, 7) is 2.00. The second-order valence-corrected chi connectivity index (χ2v) is 7.93. The minimum Gasteiger partial charge on any atom is -0.497 e. The van der Waals surface area contributed by atoms with Crippen molar-refractivity contribution in [3.8, 4) is 5.75 Å². The summed E-state index contributed by atoms with van der Waals surface area (Å²) in [5, 5.41) is 9.03. The monoisotopic (exact) mass is 426 g/mol. The van der Waals surface area contributed by atoms with Crippen molar-refractivity contribution in [2.75, 3.05) is 13.7 Å². The topological polar surface area (TPSA) is 83.8 Å². The number of rotatable bonds is 6. The average Bonchev–Trinajstić information content (AvgIpc) is 2.75. The van der Waals surface area contributed by atoms with Crippen LogP contribution in [0.3, 0.4) is 0 Å². The molecular weight excluding hydrogens is 400 g/mol. The number of hydrogen-bond acceptors (Lipinski definition) is 4. The van der Waals surface area contributed by atoms with E-state index in [4.69, 9.17) is 14.4 Å². The third kappa shape index (κ3) is 7.15. The standard InChI is InChI=1S/C17H18O2.C7H8O3S/c1-19-16-11-9-15(10-12-16)17(8-5-13-18)14-6-3-2-4-7-14;1-6-2-4-7(5-3-6)11(8,9)10/h2-4,6-12,18H,5,13H2,1H3;2-5H,1H3,(H,8,9,10). The molecule has 6 heteroatoms. The second-order valence-electron chi connectivity index (χ2n) is 6.51. The fourth-order valence-electron chi connectivity index (χ4n) is 2.71. The van der Waals surface area contributed by atoms with Crippen LogP contribution in [0.5, 0.6) is 5.75 Å². The van der Waals surface area contributed by atoms with E-state index in [0.29, 0.717) is 6.42 Å². The van der Waals surface area contributed by atoms with Crippen LogP contribution in [-0.2, 0) is 10.1 Å². The zero-order valence-electron chi connectivity index (χ0n) is 17.0. The number of aliphatic hydroxyl groups excluding tert-OH is 1. The van der Waals surface area contributed by atoms with Crippen LogP contribution in [-0.4, -0.2) is 31.8 Å². The van der Waals surface area contributed by atoms with Gasteiger partial charge in [-0.3, -0.25) is 4.55 Å². The quantitative estimate of drug-likeness (QED) is 0.556. The number of aliphatic hydroxyl groups is 1. The van der Waals surface area contributed by atoms with E-state index in [1.165, 1.54) is 12.1 Å². The van der Waals surface area contributed by atoms with Crippen LogP contribution in [0.4, 0.5) is 0 Å². The van der Waals surface area contributed by atoms with E-state index in [1.54, 1.807) is 19.2 Å². The van der Waals surface area contributed by atoms with E-state index in [-0.39, 0.29) is 11.5 Å². The molecule has 30 heavy (non-hydrogen) atoms. The van der Waals surface area contributed by atoms with E-state index < -0.39 is 10.1 Å². The zero-order valence-corrected chi connectivity index (χ0v) is 17.8. The van der Waals surface area contributed by atoms with E-state index in [9.17, 15) is 8.42 Å². The lowest BCUT2D eigenvalue weighted by atomic mass is 9.97. The molecule has 0 aliphatic carbocycles. The van der Waals surface area contributed by atoms with Crippen LogP contribution in [0.2, 0.25) is 0 Å². The van der Waals surface area contributed by atoms with Gasteiger partial charge in [-0.25, -0.2) is 0 Å². The van der Waals surface area contributed by atoms with Crippen molar-refractivity contribution in [3.05, 3.63) is 102 Å². The first-order chi connectivity index (χ1) is 14.3. The van der Waals surface area contributed by atoms with Gasteiger partial charge in [0.2, 0.25) is 0 Å². The Balaban J connectivity index is 0.000000248. The summed E-state index contributed by atoms with van der Waals surface area (Å²) < 4.78 is 34.7. The Kier molecular flexibility index (Phi) is 8.80. The molecular formula is C24H26O5S. The highest BCUT2D eigenvalue weighted by atomic mass is 32.2. The van der Waals surface area contributed by atoms with E-state index >= 15 is 0 Å². The Hall–Kier alpha value is -2.93. The molecule has 0 aliphatic rings. The van der Waals surface area contributed by atoms with Crippen LogP contribution in [0, 0.1) is 6.92 Å². The first kappa shape index (κ1) is 23.3. The normalized spacial score (nSPS) is 11.4. The van der Waals surface area contributed by atoms with Gasteiger partial charge in [0.05, 0.1) is 12.0 Å². The first-order valence-electron chi connectivity index (χ1n) is 9.40. The molecule has 158 valence electrons. The summed E-state index contributed by atoms with van der Waals surface area (Å²) in [5.74, 6) is 0.846. The van der Waals surface area contributed by atoms with Crippen LogP contribution >= 0.6 is 0 Å². The summed E-state index contributed by atoms with van der Waals surface area (Å²) in [5.41, 5.74) is 4.37. The Bertz CT molecular complexity index is 1040. The van der Waals surface area contributed by atoms with Crippen molar-refractivity contribution >= 4 is 15.7 Å². The second kappa shape index (κ2) is 11.3. The van der Waals surface area contributed by atoms with E-state index in [0.717, 1.165) is 28.0 Å². The Morgan fingerprint density at radius 2 is 1.47 bits per heavy atom. The van der Waals surface area contributed by atoms with Crippen molar-refractivity contribution in [2.24, 2.45) is 0 Å². The molecule has 0 bridgehead atoms. The highest BCUT2D eigenvalue weighted by molar-refractivity contribution is 7.85. The van der Waals surface area contributed by atoms with Crippen molar-refractivity contribution in [1.82, 2.24) is 0 Å². The molecule has 0 unspecified atom stereocenters. The number of methoxy groups -OCH3 is 1. The summed E-state index contributed by atoms with van der Waals surface area (Å²) in [7, 11) is -2.36. The van der Waals surface area contributed by atoms with Gasteiger partial charge in [-0.05, 0) is 54.3 Å². The molecule has 0 aliphatic heterocycles. The molecule has 5 nitrogen and oxygen atoms in total. The summed E-state index contributed by atoms with van der Waals surface area (Å²) in [6, 6.07) is 24.2. The minimum atomic E-state index is -4.02. The number of ether oxygens (including phenoxy) is 1. The van der Waals surface area contributed by atoms with Gasteiger partial charge in [0.25, 0.3) is 10.1 Å². The summed E-state index contributed by atoms with van der Waals surface area (Å²) >= 11 is 0. The van der Waals surface area contributed by atoms with Gasteiger partial charge >= 0.3 is 0 Å². The molecule has 3 aromatic rings. The fourth-order valence-corrected chi connectivity index (χ4v) is 3.19. The van der Waals surface area contributed by atoms with Crippen molar-refractivity contribution in [1.29, 1.82) is 0 Å². The molecule has 0 spiro atoms. The molecule has 0 saturated carbocycles. The van der Waals surface area contributed by atoms with Crippen LogP contribution < -0.4 is 4.74 Å². The van der Waals surface area contributed by atoms with Crippen molar-refractivity contribution in [2.45, 2.75) is 18.2 Å². The van der Waals surface area contributed by atoms with E-state index in [1.807, 2.05) is 49.4 Å². The maximum absolute atomic E-state index is 10.5. The van der Waals surface area contributed by atoms with Crippen molar-refractivity contribution in [3.63, 3.8) is 0 Å². The lowest BCUT2D eigenvalue weighted by molar-refractivity contribution is 0.303. The summed E-state index contributed by atoms with van der Waals surface area (Å²) in [4.78, 5) is -0.0666. The zero-order chi connectivity index (χ0) is 22.0. The summed E-state index contributed by atoms with van der Waals surface area (Å²) in [6.07, 6.45) is 2.72. The van der Waals surface area contributed by atoms with E-state index in [2.05, 4.69) is 18.2 Å². The third-order valence-corrected chi connectivity index (χ3v) is 5.15. The smallest absolute Gasteiger partial charge is 0.294 e. The molecule has 0 saturated heterocycles. The fraction of sp³-hybridized carbons (Fsp3) is 0.167. The Morgan fingerprint density at radius 1 is 0.900 bits per heavy atom. The minimum absolute atomic E-state index is 0.0666. The maximum Gasteiger partial charge on any atom is 0.294 e. The number of aryl methyl sites for hydroxylation is 1. The molecule has 0 atom stereocenters. The van der Waals surface area contributed by atoms with Gasteiger partial charge in [0.15, 0.2) is 0 Å². The van der Waals surface area contributed by atoms with Gasteiger partial charge in [-0.1, -0.05) is 66.2 Å². The molecule has 3 rings (SSSR count).